The number of nitrogens with zero attached hydrogens (tertiary/aromatic N) is 1. The number of aliphatic hydroxyl groups excluding tert-OH is 1. The zero-order valence-corrected chi connectivity index (χ0v) is 15.9. The first-order valence-electron chi connectivity index (χ1n) is 9.35. The Morgan fingerprint density at radius 3 is 2.50 bits per heavy atom. The van der Waals surface area contributed by atoms with Crippen LogP contribution in [-0.4, -0.2) is 63.0 Å². The molecule has 0 unspecified atom stereocenters. The van der Waals surface area contributed by atoms with Gasteiger partial charge in [-0.15, -0.1) is 0 Å². The summed E-state index contributed by atoms with van der Waals surface area (Å²) in [7, 11) is 0. The molecule has 0 amide bonds. The molecule has 2 aliphatic heterocycles. The van der Waals surface area contributed by atoms with Crippen LogP contribution in [0.3, 0.4) is 0 Å². The highest BCUT2D eigenvalue weighted by Crippen LogP contribution is 2.46. The second-order valence-corrected chi connectivity index (χ2v) is 6.82. The van der Waals surface area contributed by atoms with Crippen molar-refractivity contribution in [3.05, 3.63) is 35.4 Å². The summed E-state index contributed by atoms with van der Waals surface area (Å²) in [4.78, 5) is 21.6. The third-order valence-electron chi connectivity index (χ3n) is 4.99. The van der Waals surface area contributed by atoms with Crippen molar-refractivity contribution in [2.45, 2.75) is 44.8 Å². The zero-order chi connectivity index (χ0) is 20.7. The topological polar surface area (TPSA) is 128 Å². The predicted octanol–water partition coefficient (Wildman–Crippen LogP) is 1.95. The number of carbonyl (C=O) groups is 2. The largest absolute Gasteiger partial charge is 0.504 e. The Bertz CT molecular complexity index is 714. The van der Waals surface area contributed by atoms with Crippen molar-refractivity contribution < 1.29 is 34.8 Å². The Morgan fingerprint density at radius 2 is 1.93 bits per heavy atom. The Kier molecular flexibility index (Phi) is 7.83. The van der Waals surface area contributed by atoms with Gasteiger partial charge < -0.3 is 25.2 Å². The molecule has 0 radical (unpaired) electrons. The van der Waals surface area contributed by atoms with Crippen LogP contribution in [0.5, 0.6) is 11.5 Å². The zero-order valence-electron chi connectivity index (χ0n) is 15.9. The van der Waals surface area contributed by atoms with E-state index in [1.807, 2.05) is 12.1 Å². The number of likely N-dealkylation sites (tertiary alicyclic amines) is 1. The molecule has 0 spiro atoms. The first kappa shape index (κ1) is 21.7. The maximum atomic E-state index is 10.2. The minimum Gasteiger partial charge on any atom is -0.504 e. The van der Waals surface area contributed by atoms with Crippen LogP contribution in [0.1, 0.15) is 43.2 Å². The molecule has 3 rings (SSSR count). The van der Waals surface area contributed by atoms with E-state index in [4.69, 9.17) is 14.9 Å². The lowest BCUT2D eigenvalue weighted by Gasteiger charge is -2.44. The number of ether oxygens (including phenoxy) is 1. The maximum Gasteiger partial charge on any atom is 0.328 e. The van der Waals surface area contributed by atoms with Gasteiger partial charge in [-0.1, -0.05) is 19.1 Å². The minimum absolute atomic E-state index is 0.121. The van der Waals surface area contributed by atoms with Gasteiger partial charge in [0.15, 0.2) is 11.5 Å². The van der Waals surface area contributed by atoms with E-state index in [1.165, 1.54) is 6.42 Å². The normalized spacial score (nSPS) is 21.1. The van der Waals surface area contributed by atoms with Crippen molar-refractivity contribution >= 4 is 11.9 Å². The van der Waals surface area contributed by atoms with Gasteiger partial charge in [-0.3, -0.25) is 4.90 Å². The lowest BCUT2D eigenvalue weighted by molar-refractivity contribution is -0.134. The molecule has 0 aromatic heterocycles. The third-order valence-corrected chi connectivity index (χ3v) is 4.99. The Morgan fingerprint density at radius 1 is 1.25 bits per heavy atom. The smallest absolute Gasteiger partial charge is 0.328 e. The molecule has 0 bridgehead atoms. The second kappa shape index (κ2) is 10.1. The summed E-state index contributed by atoms with van der Waals surface area (Å²) in [5.41, 5.74) is 1.65. The molecule has 4 N–H and O–H groups in total. The van der Waals surface area contributed by atoms with Crippen molar-refractivity contribution in [1.29, 1.82) is 0 Å². The SMILES string of the molecule is CCCN1CCC[C@@H]2c3ccc(CO)c(O)c3OC[C@H]21.O=C(O)/C=C/C(=O)O. The number of aliphatic carboxylic acids is 2. The fraction of sp³-hybridized carbons (Fsp3) is 0.500. The van der Waals surface area contributed by atoms with Gasteiger partial charge in [0.25, 0.3) is 0 Å². The van der Waals surface area contributed by atoms with Crippen LogP contribution >= 0.6 is 0 Å². The lowest BCUT2D eigenvalue weighted by atomic mass is 9.81. The van der Waals surface area contributed by atoms with E-state index in [0.717, 1.165) is 31.5 Å². The van der Waals surface area contributed by atoms with Gasteiger partial charge >= 0.3 is 11.9 Å². The van der Waals surface area contributed by atoms with Crippen LogP contribution in [0.2, 0.25) is 0 Å². The van der Waals surface area contributed by atoms with Crippen molar-refractivity contribution in [2.24, 2.45) is 0 Å². The number of carboxylic acids is 2. The van der Waals surface area contributed by atoms with Gasteiger partial charge in [-0.2, -0.15) is 0 Å². The molecule has 1 aromatic carbocycles. The van der Waals surface area contributed by atoms with Crippen molar-refractivity contribution in [2.75, 3.05) is 19.7 Å². The van der Waals surface area contributed by atoms with E-state index < -0.39 is 11.9 Å². The van der Waals surface area contributed by atoms with E-state index in [-0.39, 0.29) is 12.4 Å². The van der Waals surface area contributed by atoms with Crippen LogP contribution in [0.4, 0.5) is 0 Å². The number of aliphatic hydroxyl groups is 1. The molecule has 8 heteroatoms. The molecule has 28 heavy (non-hydrogen) atoms. The fourth-order valence-electron chi connectivity index (χ4n) is 3.79. The summed E-state index contributed by atoms with van der Waals surface area (Å²) in [6, 6.07) is 4.27. The Labute approximate surface area is 163 Å². The highest BCUT2D eigenvalue weighted by molar-refractivity contribution is 5.89. The molecule has 0 aliphatic carbocycles. The third kappa shape index (κ3) is 5.24. The summed E-state index contributed by atoms with van der Waals surface area (Å²) in [6.07, 6.45) is 4.62. The molecule has 1 saturated heterocycles. The number of carboxylic acid groups (broad SMARTS) is 2. The summed E-state index contributed by atoms with van der Waals surface area (Å²) in [5.74, 6) is -1.36. The van der Waals surface area contributed by atoms with Crippen LogP contribution < -0.4 is 4.74 Å². The molecule has 8 nitrogen and oxygen atoms in total. The highest BCUT2D eigenvalue weighted by atomic mass is 16.5. The molecule has 1 aromatic rings. The van der Waals surface area contributed by atoms with E-state index in [2.05, 4.69) is 11.8 Å². The number of phenols is 1. The fourth-order valence-corrected chi connectivity index (χ4v) is 3.79. The van der Waals surface area contributed by atoms with Gasteiger partial charge in [0, 0.05) is 29.2 Å². The van der Waals surface area contributed by atoms with Gasteiger partial charge in [-0.25, -0.2) is 9.59 Å². The average Bonchev–Trinajstić information content (AvgIpc) is 2.67. The van der Waals surface area contributed by atoms with Gasteiger partial charge in [0.05, 0.1) is 12.6 Å². The minimum atomic E-state index is -1.26. The van der Waals surface area contributed by atoms with E-state index in [0.29, 0.717) is 42.0 Å². The van der Waals surface area contributed by atoms with Crippen LogP contribution in [0.25, 0.3) is 0 Å². The number of fused-ring (bicyclic) bond motifs is 3. The number of hydrogen-bond acceptors (Lipinski definition) is 6. The number of benzene rings is 1. The molecular formula is C20H27NO7. The Balaban J connectivity index is 0.000000300. The lowest BCUT2D eigenvalue weighted by Crippen LogP contribution is -2.49. The molecule has 0 saturated carbocycles. The summed E-state index contributed by atoms with van der Waals surface area (Å²) in [6.45, 7) is 4.95. The van der Waals surface area contributed by atoms with E-state index in [9.17, 15) is 19.8 Å². The first-order valence-corrected chi connectivity index (χ1v) is 9.35. The summed E-state index contributed by atoms with van der Waals surface area (Å²) >= 11 is 0. The van der Waals surface area contributed by atoms with E-state index >= 15 is 0 Å². The van der Waals surface area contributed by atoms with Gasteiger partial charge in [0.1, 0.15) is 6.61 Å². The average molecular weight is 393 g/mol. The molecular weight excluding hydrogens is 366 g/mol. The summed E-state index contributed by atoms with van der Waals surface area (Å²) in [5, 5.41) is 35.1. The number of piperidine rings is 1. The molecule has 2 heterocycles. The quantitative estimate of drug-likeness (QED) is 0.559. The molecule has 2 aliphatic rings. The van der Waals surface area contributed by atoms with Crippen molar-refractivity contribution in [3.8, 4) is 11.5 Å². The molecule has 154 valence electrons. The molecule has 1 fully saturated rings. The highest BCUT2D eigenvalue weighted by Gasteiger charge is 2.38. The standard InChI is InChI=1S/C16H23NO3.C4H4O4/c1-2-7-17-8-3-4-12-13-6-5-11(9-18)15(19)16(13)20-10-14(12)17;5-3(6)1-2-4(7)8/h5-6,12,14,18-19H,2-4,7-10H2,1H3;1-2H,(H,5,6)(H,7,8)/b;2-1+/t12-,14-;/m1./s1. The van der Waals surface area contributed by atoms with E-state index in [1.54, 1.807) is 0 Å². The monoisotopic (exact) mass is 393 g/mol. The van der Waals surface area contributed by atoms with Crippen molar-refractivity contribution in [1.82, 2.24) is 4.90 Å². The predicted molar refractivity (Wildman–Crippen MR) is 102 cm³/mol. The van der Waals surface area contributed by atoms with Crippen molar-refractivity contribution in [3.63, 3.8) is 0 Å². The van der Waals surface area contributed by atoms with Gasteiger partial charge in [-0.05, 0) is 32.4 Å². The van der Waals surface area contributed by atoms with Crippen LogP contribution in [0, 0.1) is 0 Å². The maximum absolute atomic E-state index is 10.2. The first-order chi connectivity index (χ1) is 13.4. The number of rotatable bonds is 5. The van der Waals surface area contributed by atoms with Crippen LogP contribution in [-0.2, 0) is 16.2 Å². The number of hydrogen-bond donors (Lipinski definition) is 4. The molecule has 2 atom stereocenters. The number of aromatic hydroxyl groups is 1. The van der Waals surface area contributed by atoms with Crippen LogP contribution in [0.15, 0.2) is 24.3 Å². The second-order valence-electron chi connectivity index (χ2n) is 6.82. The Hall–Kier alpha value is -2.58. The van der Waals surface area contributed by atoms with Gasteiger partial charge in [0.2, 0.25) is 0 Å². The summed E-state index contributed by atoms with van der Waals surface area (Å²) < 4.78 is 5.84.